The van der Waals surface area contributed by atoms with Gasteiger partial charge in [0.25, 0.3) is 5.91 Å². The fourth-order valence-corrected chi connectivity index (χ4v) is 4.96. The summed E-state index contributed by atoms with van der Waals surface area (Å²) in [7, 11) is 0. The first-order valence-corrected chi connectivity index (χ1v) is 13.0. The van der Waals surface area contributed by atoms with Crippen molar-refractivity contribution in [2.75, 3.05) is 5.32 Å². The average molecular weight is 494 g/mol. The molecule has 1 aliphatic carbocycles. The first kappa shape index (κ1) is 24.9. The summed E-state index contributed by atoms with van der Waals surface area (Å²) in [6, 6.07) is 26.0. The van der Waals surface area contributed by atoms with E-state index in [1.54, 1.807) is 10.7 Å². The van der Waals surface area contributed by atoms with Gasteiger partial charge in [0.15, 0.2) is 0 Å². The minimum Gasteiger partial charge on any atom is -0.326 e. The van der Waals surface area contributed by atoms with Gasteiger partial charge >= 0.3 is 0 Å². The van der Waals surface area contributed by atoms with Gasteiger partial charge in [-0.2, -0.15) is 5.10 Å². The Kier molecular flexibility index (Phi) is 6.96. The Bertz CT molecular complexity index is 1420. The molecule has 1 amide bonds. The lowest BCUT2D eigenvalue weighted by atomic mass is 9.79. The molecule has 4 aromatic rings. The monoisotopic (exact) mass is 493 g/mol. The summed E-state index contributed by atoms with van der Waals surface area (Å²) in [5, 5.41) is 7.65. The molecular weight excluding hydrogens is 458 g/mol. The topological polar surface area (TPSA) is 99.0 Å². The number of nitrogens with one attached hydrogen (secondary N) is 1. The maximum atomic E-state index is 13.4. The summed E-state index contributed by atoms with van der Waals surface area (Å²) in [5.41, 5.74) is 19.4. The first-order chi connectivity index (χ1) is 17.9. The van der Waals surface area contributed by atoms with E-state index in [1.165, 1.54) is 18.4 Å². The molecule has 5 N–H and O–H groups in total. The molecule has 0 bridgehead atoms. The predicted octanol–water partition coefficient (Wildman–Crippen LogP) is 5.59. The second-order valence-corrected chi connectivity index (χ2v) is 10.3. The summed E-state index contributed by atoms with van der Waals surface area (Å²) in [6.45, 7) is 4.39. The van der Waals surface area contributed by atoms with E-state index in [9.17, 15) is 4.79 Å². The van der Waals surface area contributed by atoms with Crippen molar-refractivity contribution in [2.24, 2.45) is 17.4 Å². The van der Waals surface area contributed by atoms with Crippen LogP contribution in [0.5, 0.6) is 0 Å². The van der Waals surface area contributed by atoms with E-state index in [0.717, 1.165) is 46.8 Å². The lowest BCUT2D eigenvalue weighted by Gasteiger charge is -2.32. The molecule has 1 unspecified atom stereocenters. The molecule has 190 valence electrons. The van der Waals surface area contributed by atoms with E-state index < -0.39 is 5.54 Å². The molecule has 6 heteroatoms. The van der Waals surface area contributed by atoms with Gasteiger partial charge in [-0.05, 0) is 79.6 Å². The number of carbonyl (C=O) groups is 1. The lowest BCUT2D eigenvalue weighted by Crippen LogP contribution is -2.38. The van der Waals surface area contributed by atoms with Crippen molar-refractivity contribution in [1.29, 1.82) is 0 Å². The number of nitrogens with two attached hydrogens (primary N) is 2. The Morgan fingerprint density at radius 2 is 1.73 bits per heavy atom. The van der Waals surface area contributed by atoms with Gasteiger partial charge in [-0.25, -0.2) is 4.68 Å². The van der Waals surface area contributed by atoms with Crippen LogP contribution in [-0.2, 0) is 12.1 Å². The van der Waals surface area contributed by atoms with Crippen molar-refractivity contribution >= 4 is 11.6 Å². The molecule has 1 atom stereocenters. The van der Waals surface area contributed by atoms with Crippen LogP contribution < -0.4 is 16.8 Å². The molecule has 1 heterocycles. The number of hydrogen-bond donors (Lipinski definition) is 3. The highest BCUT2D eigenvalue weighted by atomic mass is 16.2. The van der Waals surface area contributed by atoms with Crippen LogP contribution in [0.4, 0.5) is 5.69 Å². The van der Waals surface area contributed by atoms with Crippen LogP contribution in [0.3, 0.4) is 0 Å². The first-order valence-electron chi connectivity index (χ1n) is 13.0. The van der Waals surface area contributed by atoms with Crippen molar-refractivity contribution < 1.29 is 4.79 Å². The molecule has 37 heavy (non-hydrogen) atoms. The molecule has 1 aliphatic rings. The van der Waals surface area contributed by atoms with E-state index in [-0.39, 0.29) is 5.91 Å². The van der Waals surface area contributed by atoms with E-state index in [0.29, 0.717) is 17.9 Å². The summed E-state index contributed by atoms with van der Waals surface area (Å²) < 4.78 is 1.67. The maximum Gasteiger partial charge on any atom is 0.274 e. The van der Waals surface area contributed by atoms with E-state index in [1.807, 2.05) is 49.4 Å². The van der Waals surface area contributed by atoms with Gasteiger partial charge in [0.2, 0.25) is 0 Å². The third-order valence-corrected chi connectivity index (χ3v) is 7.27. The van der Waals surface area contributed by atoms with E-state index in [2.05, 4.69) is 47.7 Å². The van der Waals surface area contributed by atoms with Crippen molar-refractivity contribution in [1.82, 2.24) is 9.78 Å². The van der Waals surface area contributed by atoms with Crippen molar-refractivity contribution in [3.63, 3.8) is 0 Å². The fraction of sp³-hybridized carbons (Fsp3) is 0.290. The standard InChI is InChI=1S/C31H35N5O/c1-21-6-3-8-25(16-21)31(33,15-14-23-12-13-23)26-9-5-10-27(19-26)34-30(37)29-17-22(2)35-36(29)28-11-4-7-24(18-28)20-32/h3-11,16-19,23H,12-15,20,32-33H2,1-2H3,(H,34,37). The van der Waals surface area contributed by atoms with Gasteiger partial charge in [-0.1, -0.05) is 66.9 Å². The zero-order chi connectivity index (χ0) is 26.0. The second kappa shape index (κ2) is 10.3. The molecule has 3 aromatic carbocycles. The van der Waals surface area contributed by atoms with E-state index >= 15 is 0 Å². The fourth-order valence-electron chi connectivity index (χ4n) is 4.96. The van der Waals surface area contributed by atoms with Crippen LogP contribution >= 0.6 is 0 Å². The summed E-state index contributed by atoms with van der Waals surface area (Å²) >= 11 is 0. The third-order valence-electron chi connectivity index (χ3n) is 7.27. The quantitative estimate of drug-likeness (QED) is 0.283. The number of rotatable bonds is 9. The Hall–Kier alpha value is -3.74. The molecule has 5 rings (SSSR count). The zero-order valence-corrected chi connectivity index (χ0v) is 21.6. The number of aromatic nitrogens is 2. The number of aryl methyl sites for hydroxylation is 2. The number of carbonyl (C=O) groups excluding carboxylic acids is 1. The largest absolute Gasteiger partial charge is 0.326 e. The normalized spacial score (nSPS) is 14.8. The third kappa shape index (κ3) is 5.50. The Morgan fingerprint density at radius 3 is 2.46 bits per heavy atom. The average Bonchev–Trinajstić information content (AvgIpc) is 3.66. The molecule has 1 fully saturated rings. The number of hydrogen-bond acceptors (Lipinski definition) is 4. The lowest BCUT2D eigenvalue weighted by molar-refractivity contribution is 0.101. The van der Waals surface area contributed by atoms with Crippen LogP contribution in [0.15, 0.2) is 78.9 Å². The minimum atomic E-state index is -0.629. The number of benzene rings is 3. The van der Waals surface area contributed by atoms with Crippen molar-refractivity contribution in [3.05, 3.63) is 113 Å². The van der Waals surface area contributed by atoms with Crippen LogP contribution in [0.1, 0.15) is 64.1 Å². The maximum absolute atomic E-state index is 13.4. The summed E-state index contributed by atoms with van der Waals surface area (Å²) in [5.74, 6) is 0.545. The molecule has 1 aromatic heterocycles. The van der Waals surface area contributed by atoms with Crippen LogP contribution in [0, 0.1) is 19.8 Å². The molecular formula is C31H35N5O. The van der Waals surface area contributed by atoms with Crippen molar-refractivity contribution in [2.45, 2.75) is 51.6 Å². The predicted molar refractivity (Wildman–Crippen MR) is 149 cm³/mol. The highest BCUT2D eigenvalue weighted by molar-refractivity contribution is 6.03. The van der Waals surface area contributed by atoms with Gasteiger partial charge in [-0.15, -0.1) is 0 Å². The Labute approximate surface area is 218 Å². The molecule has 0 spiro atoms. The number of amides is 1. The van der Waals surface area contributed by atoms with Gasteiger partial charge < -0.3 is 16.8 Å². The van der Waals surface area contributed by atoms with Gasteiger partial charge in [0.05, 0.1) is 16.9 Å². The minimum absolute atomic E-state index is 0.230. The molecule has 6 nitrogen and oxygen atoms in total. The SMILES string of the molecule is Cc1cccc(C(N)(CCC2CC2)c2cccc(NC(=O)c3cc(C)nn3-c3cccc(CN)c3)c2)c1. The van der Waals surface area contributed by atoms with Crippen LogP contribution in [0.25, 0.3) is 5.69 Å². The molecule has 0 aliphatic heterocycles. The van der Waals surface area contributed by atoms with Gasteiger partial charge in [0.1, 0.15) is 5.69 Å². The molecule has 0 saturated heterocycles. The summed E-state index contributed by atoms with van der Waals surface area (Å²) in [6.07, 6.45) is 4.55. The smallest absolute Gasteiger partial charge is 0.274 e. The van der Waals surface area contributed by atoms with Crippen LogP contribution in [0.2, 0.25) is 0 Å². The second-order valence-electron chi connectivity index (χ2n) is 10.3. The van der Waals surface area contributed by atoms with Gasteiger partial charge in [0, 0.05) is 12.2 Å². The van der Waals surface area contributed by atoms with Gasteiger partial charge in [-0.3, -0.25) is 4.79 Å². The molecule has 1 saturated carbocycles. The Balaban J connectivity index is 1.44. The number of nitrogens with zero attached hydrogens (tertiary/aromatic N) is 2. The van der Waals surface area contributed by atoms with E-state index in [4.69, 9.17) is 11.5 Å². The van der Waals surface area contributed by atoms with Crippen LogP contribution in [-0.4, -0.2) is 15.7 Å². The summed E-state index contributed by atoms with van der Waals surface area (Å²) in [4.78, 5) is 13.4. The number of anilines is 1. The molecule has 0 radical (unpaired) electrons. The highest BCUT2D eigenvalue weighted by Crippen LogP contribution is 2.40. The Morgan fingerprint density at radius 1 is 1.00 bits per heavy atom. The zero-order valence-electron chi connectivity index (χ0n) is 21.6. The highest BCUT2D eigenvalue weighted by Gasteiger charge is 2.33. The van der Waals surface area contributed by atoms with Crippen molar-refractivity contribution in [3.8, 4) is 5.69 Å².